The molecular weight excluding hydrogens is 226 g/mol. The highest BCUT2D eigenvalue weighted by Gasteiger charge is 2.43. The van der Waals surface area contributed by atoms with Crippen molar-refractivity contribution in [3.63, 3.8) is 0 Å². The van der Waals surface area contributed by atoms with E-state index in [1.807, 2.05) is 11.9 Å². The second-order valence-electron chi connectivity index (χ2n) is 6.14. The molecule has 102 valence electrons. The first-order valence-corrected chi connectivity index (χ1v) is 7.52. The van der Waals surface area contributed by atoms with Gasteiger partial charge in [0.05, 0.1) is 0 Å². The van der Waals surface area contributed by atoms with Crippen molar-refractivity contribution in [2.75, 3.05) is 26.7 Å². The number of piperidine rings is 2. The van der Waals surface area contributed by atoms with Gasteiger partial charge in [0, 0.05) is 38.1 Å². The van der Waals surface area contributed by atoms with Gasteiger partial charge in [0.15, 0.2) is 0 Å². The number of nitrogens with one attached hydrogen (secondary N) is 1. The fourth-order valence-corrected chi connectivity index (χ4v) is 4.01. The van der Waals surface area contributed by atoms with E-state index in [1.165, 1.54) is 38.5 Å². The summed E-state index contributed by atoms with van der Waals surface area (Å²) in [4.78, 5) is 16.3. The third-order valence-electron chi connectivity index (χ3n) is 4.97. The van der Waals surface area contributed by atoms with Crippen LogP contribution in [0.25, 0.3) is 0 Å². The quantitative estimate of drug-likeness (QED) is 0.769. The van der Waals surface area contributed by atoms with E-state index in [0.717, 1.165) is 19.6 Å². The Balaban J connectivity index is 1.77. The van der Waals surface area contributed by atoms with Gasteiger partial charge in [0.25, 0.3) is 0 Å². The SMILES string of the molecule is CN1CC(C2CCCCN2)C2CCCCN2C1=O. The first-order chi connectivity index (χ1) is 8.77. The van der Waals surface area contributed by atoms with Gasteiger partial charge in [-0.05, 0) is 38.6 Å². The second kappa shape index (κ2) is 5.08. The zero-order valence-corrected chi connectivity index (χ0v) is 11.4. The Morgan fingerprint density at radius 1 is 1.17 bits per heavy atom. The molecule has 0 bridgehead atoms. The predicted octanol–water partition coefficient (Wildman–Crippen LogP) is 1.66. The Hall–Kier alpha value is -0.770. The normalized spacial score (nSPS) is 37.6. The van der Waals surface area contributed by atoms with Gasteiger partial charge in [-0.3, -0.25) is 0 Å². The van der Waals surface area contributed by atoms with Crippen LogP contribution >= 0.6 is 0 Å². The standard InChI is InChI=1S/C14H25N3O/c1-16-10-11(12-6-2-4-8-15-12)13-7-3-5-9-17(13)14(16)18/h11-13,15H,2-10H2,1H3. The first-order valence-electron chi connectivity index (χ1n) is 7.52. The first kappa shape index (κ1) is 12.3. The number of carbonyl (C=O) groups is 1. The van der Waals surface area contributed by atoms with E-state index in [4.69, 9.17) is 0 Å². The van der Waals surface area contributed by atoms with Crippen LogP contribution in [0.2, 0.25) is 0 Å². The highest BCUT2D eigenvalue weighted by molar-refractivity contribution is 5.75. The molecule has 3 rings (SSSR count). The maximum absolute atomic E-state index is 12.2. The van der Waals surface area contributed by atoms with Crippen molar-refractivity contribution in [1.82, 2.24) is 15.1 Å². The molecule has 3 saturated heterocycles. The monoisotopic (exact) mass is 251 g/mol. The number of fused-ring (bicyclic) bond motifs is 1. The van der Waals surface area contributed by atoms with E-state index < -0.39 is 0 Å². The van der Waals surface area contributed by atoms with Crippen LogP contribution < -0.4 is 5.32 Å². The van der Waals surface area contributed by atoms with Crippen LogP contribution in [0.4, 0.5) is 4.79 Å². The molecule has 3 heterocycles. The summed E-state index contributed by atoms with van der Waals surface area (Å²) in [6, 6.07) is 1.38. The van der Waals surface area contributed by atoms with E-state index in [-0.39, 0.29) is 6.03 Å². The van der Waals surface area contributed by atoms with Gasteiger partial charge < -0.3 is 15.1 Å². The summed E-state index contributed by atoms with van der Waals surface area (Å²) >= 11 is 0. The summed E-state index contributed by atoms with van der Waals surface area (Å²) < 4.78 is 0. The minimum atomic E-state index is 0.256. The topological polar surface area (TPSA) is 35.6 Å². The Labute approximate surface area is 110 Å². The van der Waals surface area contributed by atoms with Gasteiger partial charge in [-0.15, -0.1) is 0 Å². The smallest absolute Gasteiger partial charge is 0.320 e. The molecule has 0 spiro atoms. The number of nitrogens with zero attached hydrogens (tertiary/aromatic N) is 2. The maximum atomic E-state index is 12.2. The summed E-state index contributed by atoms with van der Waals surface area (Å²) in [6.07, 6.45) is 7.63. The molecule has 3 fully saturated rings. The minimum Gasteiger partial charge on any atom is -0.327 e. The third kappa shape index (κ3) is 2.11. The van der Waals surface area contributed by atoms with E-state index >= 15 is 0 Å². The molecule has 18 heavy (non-hydrogen) atoms. The molecule has 4 heteroatoms. The summed E-state index contributed by atoms with van der Waals surface area (Å²) in [5.74, 6) is 0.633. The number of carbonyl (C=O) groups excluding carboxylic acids is 1. The molecule has 2 amide bonds. The number of hydrogen-bond donors (Lipinski definition) is 1. The van der Waals surface area contributed by atoms with Crippen molar-refractivity contribution in [1.29, 1.82) is 0 Å². The molecule has 0 radical (unpaired) electrons. The lowest BCUT2D eigenvalue weighted by atomic mass is 9.80. The highest BCUT2D eigenvalue weighted by Crippen LogP contribution is 2.32. The lowest BCUT2D eigenvalue weighted by Crippen LogP contribution is -2.63. The molecule has 4 nitrogen and oxygen atoms in total. The van der Waals surface area contributed by atoms with Crippen molar-refractivity contribution in [3.8, 4) is 0 Å². The largest absolute Gasteiger partial charge is 0.327 e. The predicted molar refractivity (Wildman–Crippen MR) is 71.5 cm³/mol. The van der Waals surface area contributed by atoms with Gasteiger partial charge in [-0.2, -0.15) is 0 Å². The summed E-state index contributed by atoms with van der Waals surface area (Å²) in [6.45, 7) is 3.07. The molecule has 0 saturated carbocycles. The molecule has 3 aliphatic rings. The van der Waals surface area contributed by atoms with E-state index in [1.54, 1.807) is 0 Å². The van der Waals surface area contributed by atoms with Crippen LogP contribution in [0.15, 0.2) is 0 Å². The van der Waals surface area contributed by atoms with Gasteiger partial charge in [-0.25, -0.2) is 4.79 Å². The zero-order valence-electron chi connectivity index (χ0n) is 11.4. The number of amides is 2. The Morgan fingerprint density at radius 2 is 2.00 bits per heavy atom. The van der Waals surface area contributed by atoms with E-state index in [0.29, 0.717) is 18.0 Å². The summed E-state index contributed by atoms with van der Waals surface area (Å²) in [7, 11) is 1.96. The van der Waals surface area contributed by atoms with Crippen LogP contribution in [0.5, 0.6) is 0 Å². The fraction of sp³-hybridized carbons (Fsp3) is 0.929. The zero-order chi connectivity index (χ0) is 12.5. The molecule has 0 aliphatic carbocycles. The van der Waals surface area contributed by atoms with Crippen LogP contribution in [0.1, 0.15) is 38.5 Å². The van der Waals surface area contributed by atoms with Gasteiger partial charge in [-0.1, -0.05) is 6.42 Å². The van der Waals surface area contributed by atoms with Gasteiger partial charge >= 0.3 is 6.03 Å². The molecule has 3 atom stereocenters. The fourth-order valence-electron chi connectivity index (χ4n) is 4.01. The lowest BCUT2D eigenvalue weighted by molar-refractivity contribution is 0.0326. The molecule has 0 aromatic heterocycles. The van der Waals surface area contributed by atoms with Crippen molar-refractivity contribution >= 4 is 6.03 Å². The van der Waals surface area contributed by atoms with Crippen LogP contribution in [-0.2, 0) is 0 Å². The van der Waals surface area contributed by atoms with E-state index in [2.05, 4.69) is 10.2 Å². The highest BCUT2D eigenvalue weighted by atomic mass is 16.2. The van der Waals surface area contributed by atoms with E-state index in [9.17, 15) is 4.79 Å². The second-order valence-corrected chi connectivity index (χ2v) is 6.14. The van der Waals surface area contributed by atoms with Crippen LogP contribution in [-0.4, -0.2) is 54.6 Å². The van der Waals surface area contributed by atoms with Gasteiger partial charge in [0.2, 0.25) is 0 Å². The Morgan fingerprint density at radius 3 is 2.78 bits per heavy atom. The molecule has 0 aromatic rings. The summed E-state index contributed by atoms with van der Waals surface area (Å²) in [5, 5.41) is 3.69. The lowest BCUT2D eigenvalue weighted by Gasteiger charge is -2.50. The number of hydrogen-bond acceptors (Lipinski definition) is 2. The third-order valence-corrected chi connectivity index (χ3v) is 4.97. The Bertz CT molecular complexity index is 314. The van der Waals surface area contributed by atoms with Gasteiger partial charge in [0.1, 0.15) is 0 Å². The average molecular weight is 251 g/mol. The van der Waals surface area contributed by atoms with Crippen LogP contribution in [0.3, 0.4) is 0 Å². The molecule has 3 unspecified atom stereocenters. The minimum absolute atomic E-state index is 0.256. The molecule has 1 N–H and O–H groups in total. The number of urea groups is 1. The average Bonchev–Trinajstić information content (AvgIpc) is 2.44. The molecule has 3 aliphatic heterocycles. The molecule has 0 aromatic carbocycles. The van der Waals surface area contributed by atoms with Crippen molar-refractivity contribution < 1.29 is 4.79 Å². The van der Waals surface area contributed by atoms with Crippen molar-refractivity contribution in [2.45, 2.75) is 50.6 Å². The summed E-state index contributed by atoms with van der Waals surface area (Å²) in [5.41, 5.74) is 0. The Kier molecular flexibility index (Phi) is 3.46. The number of rotatable bonds is 1. The van der Waals surface area contributed by atoms with Crippen LogP contribution in [0, 0.1) is 5.92 Å². The van der Waals surface area contributed by atoms with Crippen molar-refractivity contribution in [3.05, 3.63) is 0 Å². The maximum Gasteiger partial charge on any atom is 0.320 e. The van der Waals surface area contributed by atoms with Crippen molar-refractivity contribution in [2.24, 2.45) is 5.92 Å². The molecular formula is C14H25N3O.